The highest BCUT2D eigenvalue weighted by molar-refractivity contribution is 6.09. The quantitative estimate of drug-likeness (QED) is 0.0419. The van der Waals surface area contributed by atoms with Gasteiger partial charge in [0.15, 0.2) is 18.4 Å². The van der Waals surface area contributed by atoms with Gasteiger partial charge in [-0.25, -0.2) is 0 Å². The first-order valence-electron chi connectivity index (χ1n) is 27.4. The number of Topliss-reactive ketones (excluding diaryl/α,β-unsaturated/α-hetero) is 1. The number of aromatic nitrogens is 1. The van der Waals surface area contributed by atoms with Gasteiger partial charge in [0.25, 0.3) is 5.56 Å². The molecular weight excluding hydrogens is 1060 g/mol. The molecule has 1 aromatic heterocycles. The van der Waals surface area contributed by atoms with E-state index in [2.05, 4.69) is 5.32 Å². The number of allylic oxidation sites excluding steroid dienone is 10. The molecule has 5 heterocycles. The lowest BCUT2D eigenvalue weighted by Crippen LogP contribution is -2.71. The first kappa shape index (κ1) is 67.2. The summed E-state index contributed by atoms with van der Waals surface area (Å²) >= 11 is 0. The number of ether oxygens (including phenoxy) is 10. The fraction of sp³-hybridized carbons (Fsp3) is 0.644. The van der Waals surface area contributed by atoms with E-state index in [0.29, 0.717) is 0 Å². The predicted molar refractivity (Wildman–Crippen MR) is 296 cm³/mol. The maximum Gasteiger partial charge on any atom is 0.265 e. The van der Waals surface area contributed by atoms with Gasteiger partial charge in [-0.15, -0.1) is 0 Å². The van der Waals surface area contributed by atoms with Crippen LogP contribution in [0, 0.1) is 17.3 Å². The van der Waals surface area contributed by atoms with Gasteiger partial charge in [0.1, 0.15) is 72.4 Å². The van der Waals surface area contributed by atoms with Gasteiger partial charge < -0.3 is 93.0 Å². The number of aliphatic hydroxyl groups excluding tert-OH is 5. The van der Waals surface area contributed by atoms with Crippen LogP contribution in [0.4, 0.5) is 0 Å². The van der Waals surface area contributed by atoms with E-state index in [1.54, 1.807) is 101 Å². The van der Waals surface area contributed by atoms with E-state index in [4.69, 9.17) is 47.4 Å². The molecule has 4 aliphatic rings. The van der Waals surface area contributed by atoms with Crippen LogP contribution in [0.25, 0.3) is 0 Å². The van der Waals surface area contributed by atoms with E-state index >= 15 is 0 Å². The van der Waals surface area contributed by atoms with Crippen LogP contribution in [-0.4, -0.2) is 203 Å². The number of hydrogen-bond donors (Lipinski definition) is 8. The average molecular weight is 1150 g/mol. The molecule has 0 unspecified atom stereocenters. The molecule has 0 radical (unpaired) electrons. The second-order valence-electron chi connectivity index (χ2n) is 21.7. The van der Waals surface area contributed by atoms with E-state index in [-0.39, 0.29) is 24.1 Å². The van der Waals surface area contributed by atoms with E-state index in [1.807, 2.05) is 20.8 Å². The molecule has 1 aromatic rings. The summed E-state index contributed by atoms with van der Waals surface area (Å²) < 4.78 is 61.5. The normalized spacial score (nSPS) is 36.3. The zero-order valence-corrected chi connectivity index (χ0v) is 48.9. The molecule has 0 aliphatic carbocycles. The average Bonchev–Trinajstić information content (AvgIpc) is 3.72. The molecule has 454 valence electrons. The van der Waals surface area contributed by atoms with Crippen LogP contribution in [0.1, 0.15) is 79.1 Å². The van der Waals surface area contributed by atoms with E-state index in [1.165, 1.54) is 65.3 Å². The molecule has 21 atom stereocenters. The fourth-order valence-electron chi connectivity index (χ4n) is 11.0. The number of carbonyl (C=O) groups is 2. The van der Waals surface area contributed by atoms with Crippen molar-refractivity contribution in [3.05, 3.63) is 112 Å². The van der Waals surface area contributed by atoms with Crippen molar-refractivity contribution >= 4 is 11.7 Å². The van der Waals surface area contributed by atoms with Crippen LogP contribution in [0.5, 0.6) is 5.75 Å². The van der Waals surface area contributed by atoms with Crippen molar-refractivity contribution in [1.29, 1.82) is 0 Å². The number of methoxy groups -OCH3 is 4. The van der Waals surface area contributed by atoms with Gasteiger partial charge in [0.05, 0.1) is 42.5 Å². The predicted octanol–water partition coefficient (Wildman–Crippen LogP) is 2.75. The number of nitrogens with zero attached hydrogens (tertiary/aromatic N) is 1. The van der Waals surface area contributed by atoms with Gasteiger partial charge in [-0.05, 0) is 58.3 Å². The van der Waals surface area contributed by atoms with Gasteiger partial charge in [-0.3, -0.25) is 14.4 Å². The van der Waals surface area contributed by atoms with Gasteiger partial charge in [-0.1, -0.05) is 101 Å². The largest absolute Gasteiger partial charge is 0.507 e. The van der Waals surface area contributed by atoms with E-state index in [9.17, 15) is 50.1 Å². The van der Waals surface area contributed by atoms with Crippen molar-refractivity contribution in [1.82, 2.24) is 9.88 Å². The minimum Gasteiger partial charge on any atom is -0.507 e. The summed E-state index contributed by atoms with van der Waals surface area (Å²) in [6.07, 6.45) is 1.89. The molecule has 81 heavy (non-hydrogen) atoms. The number of carbonyl (C=O) groups excluding carboxylic acids is 2. The highest BCUT2D eigenvalue weighted by Gasteiger charge is 2.63. The molecule has 0 saturated carbocycles. The van der Waals surface area contributed by atoms with Crippen molar-refractivity contribution in [2.45, 2.75) is 185 Å². The number of aryl methyl sites for hydroxylation is 1. The first-order chi connectivity index (χ1) is 38.3. The minimum atomic E-state index is -2.53. The Morgan fingerprint density at radius 1 is 0.802 bits per heavy atom. The lowest BCUT2D eigenvalue weighted by atomic mass is 9.70. The minimum absolute atomic E-state index is 0.000641. The lowest BCUT2D eigenvalue weighted by molar-refractivity contribution is -0.399. The SMILES string of the molecule is CC=CC=C[C@@H]1O[C@](O)([C@H](CC)C(=O)NCC=CC=C(C)[C@H](OC)[C@@H](C)[C@H]2O[C@H](C=CC=CC=C(C)C(=O)c3c(O)ccn(C)c3=O)[C@H](O)[C@@H]2O)[C@@H](O)[C@@H](O[C@H]2O[C@H](C)[C@H](O[C@@H]3O[C@@H](C)[C@H](OC)[C@H](O)[C@@H]3OC)[C@H](OC)[C@H]2O)C1(C)C. The number of ketones is 1. The summed E-state index contributed by atoms with van der Waals surface area (Å²) in [6.45, 7) is 15.6. The smallest absolute Gasteiger partial charge is 0.265 e. The number of hydrogen-bond acceptors (Lipinski definition) is 20. The maximum atomic E-state index is 14.1. The standard InChI is InChI=1S/C59H88N2O20/c1-15-17-19-27-39-58(8,9)53(80-56-45(67)50(74-13)49(35(7)76-56)79-57-51(75-14)44(66)48(73-12)34(6)77-57)52(68)59(71,81-39)36(16-2)54(69)60-29-23-22-25-32(4)46(72-11)33(5)47-43(65)42(64)38(78-47)26-21-18-20-24-31(3)41(63)40-37(62)28-30-61(10)55(40)70/h15,17-28,30,33-36,38-39,42-53,56-57,62,64-68,71H,16,29H2,1-14H3,(H,60,69)/t33-,34+,35-,36-,38-,39+,42+,43+,44+,45-,46+,47-,48+,49+,50-,51+,52+,53-,56-,57+,59-/m1/s1. The van der Waals surface area contributed by atoms with Gasteiger partial charge in [-0.2, -0.15) is 0 Å². The Balaban J connectivity index is 1.24. The van der Waals surface area contributed by atoms with Crippen LogP contribution < -0.4 is 10.9 Å². The summed E-state index contributed by atoms with van der Waals surface area (Å²) in [5.74, 6) is -6.00. The zero-order chi connectivity index (χ0) is 60.3. The van der Waals surface area contributed by atoms with Crippen molar-refractivity contribution in [2.24, 2.45) is 24.3 Å². The van der Waals surface area contributed by atoms with Gasteiger partial charge in [0, 0.05) is 59.6 Å². The maximum absolute atomic E-state index is 14.1. The molecule has 5 rings (SSSR count). The Kier molecular flexibility index (Phi) is 24.7. The van der Waals surface area contributed by atoms with Gasteiger partial charge >= 0.3 is 0 Å². The molecule has 4 aliphatic heterocycles. The molecule has 0 bridgehead atoms. The Hall–Kier alpha value is -4.57. The third-order valence-electron chi connectivity index (χ3n) is 15.8. The number of aromatic hydroxyl groups is 1. The fourth-order valence-corrected chi connectivity index (χ4v) is 11.0. The molecule has 4 saturated heterocycles. The molecule has 0 aromatic carbocycles. The van der Waals surface area contributed by atoms with Crippen LogP contribution in [0.2, 0.25) is 0 Å². The molecule has 22 heteroatoms. The van der Waals surface area contributed by atoms with Crippen molar-refractivity contribution in [3.63, 3.8) is 0 Å². The Morgan fingerprint density at radius 3 is 2.07 bits per heavy atom. The zero-order valence-electron chi connectivity index (χ0n) is 48.9. The second kappa shape index (κ2) is 29.8. The van der Waals surface area contributed by atoms with Gasteiger partial charge in [0.2, 0.25) is 11.7 Å². The number of aliphatic hydroxyl groups is 6. The molecule has 1 amide bonds. The number of amides is 1. The molecule has 8 N–H and O–H groups in total. The van der Waals surface area contributed by atoms with E-state index in [0.717, 1.165) is 5.57 Å². The number of nitrogens with one attached hydrogen (secondary N) is 1. The summed E-state index contributed by atoms with van der Waals surface area (Å²) in [6, 6.07) is 1.27. The molecular formula is C59H88N2O20. The first-order valence-corrected chi connectivity index (χ1v) is 27.4. The van der Waals surface area contributed by atoms with E-state index < -0.39 is 156 Å². The second-order valence-corrected chi connectivity index (χ2v) is 21.7. The highest BCUT2D eigenvalue weighted by Crippen LogP contribution is 2.47. The Morgan fingerprint density at radius 2 is 1.44 bits per heavy atom. The topological polar surface area (TPSA) is 302 Å². The lowest BCUT2D eigenvalue weighted by Gasteiger charge is -2.55. The van der Waals surface area contributed by atoms with Crippen LogP contribution in [0.3, 0.4) is 0 Å². The Bertz CT molecular complexity index is 2520. The summed E-state index contributed by atoms with van der Waals surface area (Å²) in [4.78, 5) is 39.4. The molecule has 22 nitrogen and oxygen atoms in total. The van der Waals surface area contributed by atoms with Crippen LogP contribution >= 0.6 is 0 Å². The highest BCUT2D eigenvalue weighted by atomic mass is 16.8. The number of pyridine rings is 1. The van der Waals surface area contributed by atoms with Crippen LogP contribution in [0.15, 0.2) is 101 Å². The number of rotatable bonds is 24. The summed E-state index contributed by atoms with van der Waals surface area (Å²) in [5.41, 5.74) is -1.14. The Labute approximate surface area is 474 Å². The monoisotopic (exact) mass is 1140 g/mol. The van der Waals surface area contributed by atoms with Crippen molar-refractivity contribution in [3.8, 4) is 5.75 Å². The molecule has 4 fully saturated rings. The van der Waals surface area contributed by atoms with Crippen molar-refractivity contribution < 1.29 is 92.7 Å². The van der Waals surface area contributed by atoms with Crippen molar-refractivity contribution in [2.75, 3.05) is 35.0 Å². The molecule has 0 spiro atoms. The third kappa shape index (κ3) is 15.0. The summed E-state index contributed by atoms with van der Waals surface area (Å²) in [7, 11) is 7.22. The summed E-state index contributed by atoms with van der Waals surface area (Å²) in [5, 5.41) is 82.6. The van der Waals surface area contributed by atoms with Crippen LogP contribution in [-0.2, 0) is 59.2 Å². The third-order valence-corrected chi connectivity index (χ3v) is 15.8.